The summed E-state index contributed by atoms with van der Waals surface area (Å²) in [7, 11) is 0. The average Bonchev–Trinajstić information content (AvgIpc) is 2.64. The molecule has 0 spiro atoms. The average molecular weight is 673 g/mol. The van der Waals surface area contributed by atoms with Crippen molar-refractivity contribution in [3.63, 3.8) is 0 Å². The van der Waals surface area contributed by atoms with Crippen LogP contribution in [0.15, 0.2) is 4.99 Å². The van der Waals surface area contributed by atoms with Gasteiger partial charge in [-0.15, -0.1) is 0 Å². The molecular weight excluding hydrogens is 637 g/mol. The zero-order valence-electron chi connectivity index (χ0n) is 19.1. The fourth-order valence-corrected chi connectivity index (χ4v) is 3.66. The first-order valence-corrected chi connectivity index (χ1v) is 16.0. The molecule has 0 radical (unpaired) electrons. The number of aliphatic hydroxyl groups excluding tert-OH is 2. The minimum atomic E-state index is -0.430. The maximum atomic E-state index is 10.2. The molecule has 1 saturated carbocycles. The second-order valence-electron chi connectivity index (χ2n) is 8.07. The van der Waals surface area contributed by atoms with E-state index in [1.807, 2.05) is 6.92 Å². The van der Waals surface area contributed by atoms with Crippen molar-refractivity contribution in [1.82, 2.24) is 0 Å². The lowest BCUT2D eigenvalue weighted by Crippen LogP contribution is -2.40. The highest BCUT2D eigenvalue weighted by Crippen LogP contribution is 2.47. The molecule has 0 bridgehead atoms. The standard InChI is InChI=1S/C12H18N2O2.C7H16O4.HI2P/c1-11(2)4-10(16-8-13)5-12(3,6-11)7-14-9-15;1-7(11-5-3-9)6-10-4-2-8;1-3-2/h10H,4-7H2,1-3H3;7-9H,2-6H2,1H3;3H/i;;3D. The van der Waals surface area contributed by atoms with E-state index in [4.69, 9.17) is 31.0 Å². The number of aliphatic imine (C=N–C) groups is 1. The number of hydrogen-bond acceptors (Lipinski definition) is 8. The molecule has 0 aliphatic heterocycles. The van der Waals surface area contributed by atoms with E-state index >= 15 is 0 Å². The van der Waals surface area contributed by atoms with Gasteiger partial charge in [-0.2, -0.15) is 5.26 Å². The summed E-state index contributed by atoms with van der Waals surface area (Å²) in [5, 5.41) is 25.3. The molecule has 0 aromatic carbocycles. The minimum absolute atomic E-state index is 0.0197. The molecule has 176 valence electrons. The van der Waals surface area contributed by atoms with E-state index in [1.54, 1.807) is 12.3 Å². The highest BCUT2D eigenvalue weighted by molar-refractivity contribution is 14.3. The molecule has 8 nitrogen and oxygen atoms in total. The predicted octanol–water partition coefficient (Wildman–Crippen LogP) is 4.16. The molecule has 2 N–H and O–H groups in total. The number of hydrogen-bond donors (Lipinski definition) is 2. The van der Waals surface area contributed by atoms with Crippen molar-refractivity contribution in [3.05, 3.63) is 0 Å². The van der Waals surface area contributed by atoms with Crippen LogP contribution in [0, 0.1) is 22.3 Å². The zero-order valence-corrected chi connectivity index (χ0v) is 23.4. The van der Waals surface area contributed by atoms with Crippen molar-refractivity contribution in [3.8, 4) is 6.26 Å². The molecular formula is C19H35I2N2O6P. The van der Waals surface area contributed by atoms with E-state index in [0.717, 1.165) is 19.3 Å². The van der Waals surface area contributed by atoms with Crippen molar-refractivity contribution in [1.29, 1.82) is 6.54 Å². The Bertz CT molecular complexity index is 547. The third kappa shape index (κ3) is 19.1. The van der Waals surface area contributed by atoms with Gasteiger partial charge in [0.1, 0.15) is 6.10 Å². The Balaban J connectivity index is 0. The molecule has 0 amide bonds. The van der Waals surface area contributed by atoms with Gasteiger partial charge in [0.25, 0.3) is 6.26 Å². The van der Waals surface area contributed by atoms with Gasteiger partial charge in [0, 0.05) is 3.81 Å². The van der Waals surface area contributed by atoms with Crippen molar-refractivity contribution >= 4 is 54.0 Å². The van der Waals surface area contributed by atoms with Gasteiger partial charge in [0.2, 0.25) is 6.08 Å². The Morgan fingerprint density at radius 3 is 2.40 bits per heavy atom. The predicted molar refractivity (Wildman–Crippen MR) is 136 cm³/mol. The van der Waals surface area contributed by atoms with E-state index in [-0.39, 0.29) is 36.3 Å². The summed E-state index contributed by atoms with van der Waals surface area (Å²) in [6, 6.07) is 0. The fraction of sp³-hybridized carbons (Fsp3) is 0.895. The van der Waals surface area contributed by atoms with Crippen LogP contribution in [-0.2, 0) is 19.0 Å². The molecule has 1 fully saturated rings. The lowest BCUT2D eigenvalue weighted by molar-refractivity contribution is -0.0246. The molecule has 1 aliphatic rings. The lowest BCUT2D eigenvalue weighted by Gasteiger charge is -2.44. The molecule has 0 saturated heterocycles. The van der Waals surface area contributed by atoms with Crippen molar-refractivity contribution in [2.24, 2.45) is 15.8 Å². The summed E-state index contributed by atoms with van der Waals surface area (Å²) in [6.07, 6.45) is 5.90. The first-order chi connectivity index (χ1) is 14.4. The molecule has 0 heterocycles. The van der Waals surface area contributed by atoms with E-state index in [1.165, 1.54) is 0 Å². The van der Waals surface area contributed by atoms with E-state index in [2.05, 4.69) is 69.8 Å². The quantitative estimate of drug-likeness (QED) is 0.0893. The van der Waals surface area contributed by atoms with E-state index in [9.17, 15) is 4.79 Å². The minimum Gasteiger partial charge on any atom is -0.424 e. The van der Waals surface area contributed by atoms with E-state index < -0.39 is 3.81 Å². The van der Waals surface area contributed by atoms with E-state index in [0.29, 0.717) is 26.4 Å². The summed E-state index contributed by atoms with van der Waals surface area (Å²) in [4.78, 5) is 13.9. The monoisotopic (exact) mass is 673 g/mol. The van der Waals surface area contributed by atoms with Crippen LogP contribution in [0.1, 0.15) is 47.0 Å². The Hall–Kier alpha value is 0.400. The fourth-order valence-electron chi connectivity index (χ4n) is 3.66. The van der Waals surface area contributed by atoms with Crippen LogP contribution >= 0.6 is 47.9 Å². The van der Waals surface area contributed by atoms with Crippen LogP contribution in [0.25, 0.3) is 0 Å². The Morgan fingerprint density at radius 1 is 1.30 bits per heavy atom. The van der Waals surface area contributed by atoms with Crippen molar-refractivity contribution in [2.75, 3.05) is 39.6 Å². The second-order valence-corrected chi connectivity index (χ2v) is 16.6. The first kappa shape index (κ1) is 30.4. The third-order valence-electron chi connectivity index (χ3n) is 4.23. The van der Waals surface area contributed by atoms with Crippen molar-refractivity contribution in [2.45, 2.75) is 59.2 Å². The SMILES string of the molecule is CC(COCCO)OCCO.CC1(C)CC(OC#N)CC(C)(CN=C=O)C1.[2H]P(I)I. The number of carbonyl (C=O) groups excluding carboxylic acids is 1. The molecule has 0 aromatic rings. The number of rotatable bonds is 10. The van der Waals surface area contributed by atoms with Gasteiger partial charge in [-0.3, -0.25) is 0 Å². The second kappa shape index (κ2) is 20.0. The van der Waals surface area contributed by atoms with Crippen LogP contribution in [0.3, 0.4) is 0 Å². The van der Waals surface area contributed by atoms with Crippen LogP contribution in [-0.4, -0.2) is 69.4 Å². The van der Waals surface area contributed by atoms with Crippen LogP contribution in [0.5, 0.6) is 0 Å². The number of nitriles is 1. The number of isocyanates is 1. The Morgan fingerprint density at radius 2 is 1.90 bits per heavy atom. The molecule has 3 unspecified atom stereocenters. The Labute approximate surface area is 209 Å². The van der Waals surface area contributed by atoms with Gasteiger partial charge < -0.3 is 24.4 Å². The van der Waals surface area contributed by atoms with Gasteiger partial charge in [-0.05, 0) is 81.1 Å². The molecule has 1 rings (SSSR count). The summed E-state index contributed by atoms with van der Waals surface area (Å²) in [5.74, 6) is 0. The van der Waals surface area contributed by atoms with Crippen LogP contribution in [0.4, 0.5) is 0 Å². The maximum absolute atomic E-state index is 10.2. The smallest absolute Gasteiger partial charge is 0.286 e. The maximum Gasteiger partial charge on any atom is 0.286 e. The zero-order chi connectivity index (χ0) is 24.3. The van der Waals surface area contributed by atoms with Gasteiger partial charge in [0.05, 0.1) is 47.0 Å². The van der Waals surface area contributed by atoms with Gasteiger partial charge in [0.15, 0.2) is 0 Å². The molecule has 0 aromatic heterocycles. The number of ether oxygens (including phenoxy) is 3. The normalized spacial score (nSPS) is 23.3. The number of aliphatic hydroxyl groups is 2. The molecule has 3 atom stereocenters. The molecule has 11 heteroatoms. The van der Waals surface area contributed by atoms with Crippen molar-refractivity contribution < 1.29 is 29.2 Å². The van der Waals surface area contributed by atoms with Crippen LogP contribution in [0.2, 0.25) is 0 Å². The largest absolute Gasteiger partial charge is 0.424 e. The summed E-state index contributed by atoms with van der Waals surface area (Å²) in [5.41, 5.74) is 0.0492. The van der Waals surface area contributed by atoms with Gasteiger partial charge in [-0.1, -0.05) is 20.8 Å². The first-order valence-electron chi connectivity index (χ1n) is 10.00. The molecule has 30 heavy (non-hydrogen) atoms. The molecule has 1 aliphatic carbocycles. The Kier molecular flexibility index (Phi) is 20.3. The number of halogens is 2. The summed E-state index contributed by atoms with van der Waals surface area (Å²) in [6.45, 7) is 9.92. The third-order valence-corrected chi connectivity index (χ3v) is 4.23. The van der Waals surface area contributed by atoms with Gasteiger partial charge in [-0.25, -0.2) is 9.79 Å². The van der Waals surface area contributed by atoms with Gasteiger partial charge >= 0.3 is 0 Å². The highest BCUT2D eigenvalue weighted by Gasteiger charge is 2.42. The summed E-state index contributed by atoms with van der Waals surface area (Å²) >= 11 is 4.12. The van der Waals surface area contributed by atoms with Crippen LogP contribution < -0.4 is 0 Å². The lowest BCUT2D eigenvalue weighted by atomic mass is 9.63. The topological polar surface area (TPSA) is 121 Å². The number of nitrogens with zero attached hydrogens (tertiary/aromatic N) is 2. The summed E-state index contributed by atoms with van der Waals surface area (Å²) < 4.78 is 21.3. The highest BCUT2D eigenvalue weighted by atomic mass is 127.